The van der Waals surface area contributed by atoms with Gasteiger partial charge in [-0.15, -0.1) is 0 Å². The summed E-state index contributed by atoms with van der Waals surface area (Å²) in [5.74, 6) is -0.558. The predicted octanol–water partition coefficient (Wildman–Crippen LogP) is 0.853. The van der Waals surface area contributed by atoms with E-state index in [-0.39, 0.29) is 6.29 Å². The Morgan fingerprint density at radius 2 is 2.00 bits per heavy atom. The fourth-order valence-electron chi connectivity index (χ4n) is 1.13. The first-order valence-electron chi connectivity index (χ1n) is 4.51. The molecule has 74 valence electrons. The average Bonchev–Trinajstić information content (AvgIpc) is 2.21. The van der Waals surface area contributed by atoms with Crippen LogP contribution in [0.15, 0.2) is 24.3 Å². The summed E-state index contributed by atoms with van der Waals surface area (Å²) in [6.45, 7) is 2.53. The highest BCUT2D eigenvalue weighted by Crippen LogP contribution is 2.02. The highest BCUT2D eigenvalue weighted by Gasteiger charge is 1.96. The number of aryl methyl sites for hydroxylation is 1. The molecule has 1 aromatic carbocycles. The van der Waals surface area contributed by atoms with Crippen LogP contribution in [0, 0.1) is 6.92 Å². The molecule has 1 aromatic rings. The van der Waals surface area contributed by atoms with E-state index in [0.29, 0.717) is 6.54 Å². The number of carbonyl (C=O) groups excluding carboxylic acids is 2. The third kappa shape index (κ3) is 3.39. The number of benzene rings is 1. The van der Waals surface area contributed by atoms with E-state index in [2.05, 4.69) is 5.32 Å². The van der Waals surface area contributed by atoms with Gasteiger partial charge < -0.3 is 5.32 Å². The molecule has 0 atom stereocenters. The Labute approximate surface area is 83.1 Å². The Bertz CT molecular complexity index is 317. The lowest BCUT2D eigenvalue weighted by molar-refractivity contribution is -0.131. The maximum Gasteiger partial charge on any atom is 0.284 e. The van der Waals surface area contributed by atoms with Gasteiger partial charge in [0.15, 0.2) is 0 Å². The van der Waals surface area contributed by atoms with E-state index in [1.54, 1.807) is 0 Å². The van der Waals surface area contributed by atoms with Gasteiger partial charge in [0.2, 0.25) is 6.29 Å². The van der Waals surface area contributed by atoms with E-state index in [0.717, 1.165) is 12.0 Å². The molecule has 0 spiro atoms. The molecule has 0 aliphatic rings. The van der Waals surface area contributed by atoms with Crippen molar-refractivity contribution in [3.05, 3.63) is 35.4 Å². The lowest BCUT2D eigenvalue weighted by atomic mass is 10.1. The van der Waals surface area contributed by atoms with Gasteiger partial charge in [0.1, 0.15) is 0 Å². The summed E-state index contributed by atoms with van der Waals surface area (Å²) >= 11 is 0. The van der Waals surface area contributed by atoms with Crippen molar-refractivity contribution in [2.45, 2.75) is 13.3 Å². The molecule has 0 aliphatic carbocycles. The molecule has 0 saturated carbocycles. The topological polar surface area (TPSA) is 46.2 Å². The van der Waals surface area contributed by atoms with E-state index in [4.69, 9.17) is 0 Å². The Hall–Kier alpha value is -1.64. The number of nitrogens with one attached hydrogen (secondary N) is 1. The molecule has 0 aromatic heterocycles. The van der Waals surface area contributed by atoms with Crippen LogP contribution < -0.4 is 5.32 Å². The van der Waals surface area contributed by atoms with E-state index in [1.807, 2.05) is 31.2 Å². The van der Waals surface area contributed by atoms with Crippen molar-refractivity contribution in [3.63, 3.8) is 0 Å². The molecule has 0 radical (unpaired) electrons. The highest BCUT2D eigenvalue weighted by molar-refractivity contribution is 6.23. The van der Waals surface area contributed by atoms with E-state index >= 15 is 0 Å². The molecule has 3 nitrogen and oxygen atoms in total. The lowest BCUT2D eigenvalue weighted by Gasteiger charge is -2.02. The minimum absolute atomic E-state index is 0.287. The number of carbonyl (C=O) groups is 2. The summed E-state index contributed by atoms with van der Waals surface area (Å²) in [5.41, 5.74) is 2.37. The third-order valence-corrected chi connectivity index (χ3v) is 1.94. The molecular weight excluding hydrogens is 178 g/mol. The van der Waals surface area contributed by atoms with Gasteiger partial charge in [-0.3, -0.25) is 9.59 Å². The average molecular weight is 191 g/mol. The van der Waals surface area contributed by atoms with Crippen LogP contribution in [0.25, 0.3) is 0 Å². The maximum absolute atomic E-state index is 10.6. The number of amides is 1. The van der Waals surface area contributed by atoms with E-state index in [9.17, 15) is 9.59 Å². The number of aldehydes is 1. The second-order valence-corrected chi connectivity index (χ2v) is 3.14. The van der Waals surface area contributed by atoms with Crippen molar-refractivity contribution in [1.82, 2.24) is 5.32 Å². The van der Waals surface area contributed by atoms with Crippen molar-refractivity contribution < 1.29 is 9.59 Å². The van der Waals surface area contributed by atoms with Crippen molar-refractivity contribution in [1.29, 1.82) is 0 Å². The molecule has 3 heteroatoms. The first-order valence-corrected chi connectivity index (χ1v) is 4.51. The standard InChI is InChI=1S/C11H13NO2/c1-9-2-4-10(5-3-9)6-7-12-11(14)8-13/h2-5,8H,6-7H2,1H3,(H,12,14). The predicted molar refractivity (Wildman–Crippen MR) is 54.0 cm³/mol. The summed E-state index contributed by atoms with van der Waals surface area (Å²) in [4.78, 5) is 20.6. The van der Waals surface area contributed by atoms with E-state index < -0.39 is 5.91 Å². The van der Waals surface area contributed by atoms with E-state index in [1.165, 1.54) is 5.56 Å². The first-order chi connectivity index (χ1) is 6.72. The van der Waals surface area contributed by atoms with Crippen LogP contribution in [0.1, 0.15) is 11.1 Å². The molecule has 0 aliphatic heterocycles. The zero-order chi connectivity index (χ0) is 10.4. The van der Waals surface area contributed by atoms with Crippen molar-refractivity contribution >= 4 is 12.2 Å². The van der Waals surface area contributed by atoms with Crippen LogP contribution in [0.4, 0.5) is 0 Å². The Morgan fingerprint density at radius 3 is 2.57 bits per heavy atom. The van der Waals surface area contributed by atoms with Gasteiger partial charge in [-0.25, -0.2) is 0 Å². The van der Waals surface area contributed by atoms with Crippen LogP contribution in [-0.2, 0) is 16.0 Å². The van der Waals surface area contributed by atoms with Gasteiger partial charge in [-0.2, -0.15) is 0 Å². The summed E-state index contributed by atoms with van der Waals surface area (Å²) in [6, 6.07) is 8.08. The zero-order valence-electron chi connectivity index (χ0n) is 8.12. The quantitative estimate of drug-likeness (QED) is 0.566. The molecule has 0 unspecified atom stereocenters. The number of hydrogen-bond donors (Lipinski definition) is 1. The minimum Gasteiger partial charge on any atom is -0.349 e. The van der Waals surface area contributed by atoms with Gasteiger partial charge in [0.05, 0.1) is 0 Å². The van der Waals surface area contributed by atoms with Crippen molar-refractivity contribution in [2.75, 3.05) is 6.54 Å². The summed E-state index contributed by atoms with van der Waals surface area (Å²) in [5, 5.41) is 2.49. The molecule has 0 heterocycles. The fourth-order valence-corrected chi connectivity index (χ4v) is 1.13. The Kier molecular flexibility index (Phi) is 3.85. The van der Waals surface area contributed by atoms with Crippen LogP contribution in [0.3, 0.4) is 0 Å². The van der Waals surface area contributed by atoms with Crippen LogP contribution in [0.5, 0.6) is 0 Å². The second kappa shape index (κ2) is 5.17. The number of rotatable bonds is 4. The second-order valence-electron chi connectivity index (χ2n) is 3.14. The van der Waals surface area contributed by atoms with Gasteiger partial charge >= 0.3 is 0 Å². The van der Waals surface area contributed by atoms with Crippen molar-refractivity contribution in [2.24, 2.45) is 0 Å². The summed E-state index contributed by atoms with van der Waals surface area (Å²) in [6.07, 6.45) is 1.04. The fraction of sp³-hybridized carbons (Fsp3) is 0.273. The normalized spacial score (nSPS) is 9.50. The van der Waals surface area contributed by atoms with Gasteiger partial charge in [0, 0.05) is 6.54 Å². The van der Waals surface area contributed by atoms with Gasteiger partial charge in [-0.1, -0.05) is 29.8 Å². The maximum atomic E-state index is 10.6. The molecule has 0 saturated heterocycles. The Morgan fingerprint density at radius 1 is 1.36 bits per heavy atom. The molecule has 0 fully saturated rings. The third-order valence-electron chi connectivity index (χ3n) is 1.94. The zero-order valence-corrected chi connectivity index (χ0v) is 8.12. The highest BCUT2D eigenvalue weighted by atomic mass is 16.2. The van der Waals surface area contributed by atoms with Crippen LogP contribution in [-0.4, -0.2) is 18.7 Å². The summed E-state index contributed by atoms with van der Waals surface area (Å²) in [7, 11) is 0. The van der Waals surface area contributed by atoms with Gasteiger partial charge in [0.25, 0.3) is 5.91 Å². The molecule has 0 bridgehead atoms. The molecule has 14 heavy (non-hydrogen) atoms. The first kappa shape index (κ1) is 10.4. The SMILES string of the molecule is Cc1ccc(CCNC(=O)C=O)cc1. The Balaban J connectivity index is 2.35. The monoisotopic (exact) mass is 191 g/mol. The molecule has 1 rings (SSSR count). The van der Waals surface area contributed by atoms with Crippen LogP contribution >= 0.6 is 0 Å². The summed E-state index contributed by atoms with van der Waals surface area (Å²) < 4.78 is 0. The number of hydrogen-bond acceptors (Lipinski definition) is 2. The molecule has 1 N–H and O–H groups in total. The minimum atomic E-state index is -0.558. The molecular formula is C11H13NO2. The molecule has 1 amide bonds. The largest absolute Gasteiger partial charge is 0.349 e. The van der Waals surface area contributed by atoms with Crippen molar-refractivity contribution in [3.8, 4) is 0 Å². The van der Waals surface area contributed by atoms with Gasteiger partial charge in [-0.05, 0) is 18.9 Å². The van der Waals surface area contributed by atoms with Crippen LogP contribution in [0.2, 0.25) is 0 Å². The smallest absolute Gasteiger partial charge is 0.284 e. The lowest BCUT2D eigenvalue weighted by Crippen LogP contribution is -2.26.